The first-order valence-corrected chi connectivity index (χ1v) is 8.44. The molecule has 3 N–H and O–H groups in total. The minimum absolute atomic E-state index is 0.346. The average Bonchev–Trinajstić information content (AvgIpc) is 2.86. The summed E-state index contributed by atoms with van der Waals surface area (Å²) < 4.78 is 0. The van der Waals surface area contributed by atoms with E-state index in [0.29, 0.717) is 11.3 Å². The Balaban J connectivity index is 1.79. The Labute approximate surface area is 121 Å². The zero-order chi connectivity index (χ0) is 13.6. The topological polar surface area (TPSA) is 50.9 Å². The Morgan fingerprint density at radius 3 is 2.68 bits per heavy atom. The molecular weight excluding hydrogens is 254 g/mol. The van der Waals surface area contributed by atoms with E-state index in [1.54, 1.807) is 11.3 Å². The van der Waals surface area contributed by atoms with Crippen LogP contribution >= 0.6 is 11.3 Å². The van der Waals surface area contributed by atoms with Gasteiger partial charge in [0.15, 0.2) is 0 Å². The van der Waals surface area contributed by atoms with Crippen LogP contribution in [-0.4, -0.2) is 24.6 Å². The SMILES string of the molecule is CC(CNCC1(CN)CCCCCC1)c1nccs1. The fraction of sp³-hybridized carbons (Fsp3) is 0.800. The molecule has 1 atom stereocenters. The zero-order valence-electron chi connectivity index (χ0n) is 12.0. The molecule has 1 saturated carbocycles. The minimum atomic E-state index is 0.346. The standard InChI is InChI=1S/C15H27N3S/c1-13(14-18-8-9-19-14)10-17-12-15(11-16)6-4-2-3-5-7-15/h8-9,13,17H,2-7,10-12,16H2,1H3. The summed E-state index contributed by atoms with van der Waals surface area (Å²) in [6.45, 7) is 5.15. The normalized spacial score (nSPS) is 20.9. The van der Waals surface area contributed by atoms with E-state index in [0.717, 1.165) is 19.6 Å². The molecule has 1 aliphatic rings. The molecule has 108 valence electrons. The van der Waals surface area contributed by atoms with Gasteiger partial charge in [-0.05, 0) is 24.8 Å². The maximum absolute atomic E-state index is 6.07. The molecule has 3 nitrogen and oxygen atoms in total. The van der Waals surface area contributed by atoms with Gasteiger partial charge in [-0.15, -0.1) is 11.3 Å². The van der Waals surface area contributed by atoms with Gasteiger partial charge in [-0.1, -0.05) is 32.6 Å². The maximum Gasteiger partial charge on any atom is 0.0965 e. The Hall–Kier alpha value is -0.450. The van der Waals surface area contributed by atoms with Crippen LogP contribution in [0.25, 0.3) is 0 Å². The van der Waals surface area contributed by atoms with Gasteiger partial charge in [0.2, 0.25) is 0 Å². The summed E-state index contributed by atoms with van der Waals surface area (Å²) in [6.07, 6.45) is 9.95. The molecule has 1 aliphatic carbocycles. The molecule has 1 unspecified atom stereocenters. The molecule has 1 aromatic heterocycles. The lowest BCUT2D eigenvalue weighted by Gasteiger charge is -2.32. The number of thiazole rings is 1. The first-order chi connectivity index (χ1) is 9.26. The van der Waals surface area contributed by atoms with Gasteiger partial charge in [-0.2, -0.15) is 0 Å². The second-order valence-corrected chi connectivity index (χ2v) is 6.95. The number of hydrogen-bond donors (Lipinski definition) is 2. The van der Waals surface area contributed by atoms with E-state index in [9.17, 15) is 0 Å². The van der Waals surface area contributed by atoms with Gasteiger partial charge in [-0.3, -0.25) is 0 Å². The van der Waals surface area contributed by atoms with Crippen LogP contribution in [0, 0.1) is 5.41 Å². The third kappa shape index (κ3) is 4.26. The quantitative estimate of drug-likeness (QED) is 0.788. The summed E-state index contributed by atoms with van der Waals surface area (Å²) in [5, 5.41) is 6.94. The summed E-state index contributed by atoms with van der Waals surface area (Å²) in [5.74, 6) is 0.501. The van der Waals surface area contributed by atoms with Crippen molar-refractivity contribution in [3.05, 3.63) is 16.6 Å². The number of rotatable bonds is 6. The second-order valence-electron chi connectivity index (χ2n) is 6.02. The van der Waals surface area contributed by atoms with E-state index < -0.39 is 0 Å². The number of nitrogens with zero attached hydrogens (tertiary/aromatic N) is 1. The second kappa shape index (κ2) is 7.36. The predicted octanol–water partition coefficient (Wildman–Crippen LogP) is 3.14. The van der Waals surface area contributed by atoms with Crippen LogP contribution in [0.2, 0.25) is 0 Å². The maximum atomic E-state index is 6.07. The van der Waals surface area contributed by atoms with Gasteiger partial charge < -0.3 is 11.1 Å². The van der Waals surface area contributed by atoms with Crippen LogP contribution in [0.4, 0.5) is 0 Å². The van der Waals surface area contributed by atoms with Crippen molar-refractivity contribution >= 4 is 11.3 Å². The molecular formula is C15H27N3S. The number of aromatic nitrogens is 1. The van der Waals surface area contributed by atoms with Crippen LogP contribution in [0.1, 0.15) is 56.4 Å². The molecule has 0 bridgehead atoms. The molecule has 4 heteroatoms. The highest BCUT2D eigenvalue weighted by Gasteiger charge is 2.29. The van der Waals surface area contributed by atoms with Crippen molar-refractivity contribution in [2.45, 2.75) is 51.4 Å². The van der Waals surface area contributed by atoms with Gasteiger partial charge >= 0.3 is 0 Å². The molecule has 2 rings (SSSR count). The highest BCUT2D eigenvalue weighted by molar-refractivity contribution is 7.09. The van der Waals surface area contributed by atoms with Gasteiger partial charge in [0.1, 0.15) is 0 Å². The summed E-state index contributed by atoms with van der Waals surface area (Å²) in [7, 11) is 0. The molecule has 0 saturated heterocycles. The van der Waals surface area contributed by atoms with E-state index in [1.165, 1.54) is 43.5 Å². The lowest BCUT2D eigenvalue weighted by molar-refractivity contribution is 0.241. The van der Waals surface area contributed by atoms with E-state index in [-0.39, 0.29) is 0 Å². The third-order valence-electron chi connectivity index (χ3n) is 4.42. The molecule has 19 heavy (non-hydrogen) atoms. The molecule has 1 heterocycles. The highest BCUT2D eigenvalue weighted by Crippen LogP contribution is 2.33. The zero-order valence-corrected chi connectivity index (χ0v) is 12.8. The smallest absolute Gasteiger partial charge is 0.0965 e. The number of nitrogens with one attached hydrogen (secondary N) is 1. The van der Waals surface area contributed by atoms with Gasteiger partial charge in [0.05, 0.1) is 5.01 Å². The van der Waals surface area contributed by atoms with Gasteiger partial charge in [0.25, 0.3) is 0 Å². The predicted molar refractivity (Wildman–Crippen MR) is 82.6 cm³/mol. The van der Waals surface area contributed by atoms with Crippen molar-refractivity contribution in [3.63, 3.8) is 0 Å². The van der Waals surface area contributed by atoms with Crippen LogP contribution in [0.15, 0.2) is 11.6 Å². The van der Waals surface area contributed by atoms with Crippen LogP contribution in [-0.2, 0) is 0 Å². The fourth-order valence-corrected chi connectivity index (χ4v) is 3.75. The summed E-state index contributed by atoms with van der Waals surface area (Å²) >= 11 is 1.75. The first kappa shape index (κ1) is 14.9. The lowest BCUT2D eigenvalue weighted by atomic mass is 9.80. The Morgan fingerprint density at radius 2 is 2.11 bits per heavy atom. The van der Waals surface area contributed by atoms with E-state index in [1.807, 2.05) is 6.20 Å². The number of hydrogen-bond acceptors (Lipinski definition) is 4. The van der Waals surface area contributed by atoms with Crippen molar-refractivity contribution in [1.29, 1.82) is 0 Å². The molecule has 1 fully saturated rings. The molecule has 0 aromatic carbocycles. The first-order valence-electron chi connectivity index (χ1n) is 7.56. The molecule has 0 radical (unpaired) electrons. The largest absolute Gasteiger partial charge is 0.330 e. The van der Waals surface area contributed by atoms with Crippen LogP contribution < -0.4 is 11.1 Å². The van der Waals surface area contributed by atoms with Crippen LogP contribution in [0.5, 0.6) is 0 Å². The fourth-order valence-electron chi connectivity index (χ4n) is 3.05. The molecule has 0 aliphatic heterocycles. The molecule has 1 aromatic rings. The minimum Gasteiger partial charge on any atom is -0.330 e. The third-order valence-corrected chi connectivity index (χ3v) is 5.43. The lowest BCUT2D eigenvalue weighted by Crippen LogP contribution is -2.41. The summed E-state index contributed by atoms with van der Waals surface area (Å²) in [4.78, 5) is 4.39. The van der Waals surface area contributed by atoms with Crippen molar-refractivity contribution in [2.24, 2.45) is 11.1 Å². The molecule has 0 amide bonds. The monoisotopic (exact) mass is 281 g/mol. The number of nitrogens with two attached hydrogens (primary N) is 1. The van der Waals surface area contributed by atoms with Crippen molar-refractivity contribution in [2.75, 3.05) is 19.6 Å². The van der Waals surface area contributed by atoms with Crippen molar-refractivity contribution in [3.8, 4) is 0 Å². The molecule has 0 spiro atoms. The van der Waals surface area contributed by atoms with Gasteiger partial charge in [0, 0.05) is 30.6 Å². The summed E-state index contributed by atoms with van der Waals surface area (Å²) in [5.41, 5.74) is 6.42. The van der Waals surface area contributed by atoms with E-state index >= 15 is 0 Å². The average molecular weight is 281 g/mol. The Kier molecular flexibility index (Phi) is 5.79. The highest BCUT2D eigenvalue weighted by atomic mass is 32.1. The van der Waals surface area contributed by atoms with Crippen LogP contribution in [0.3, 0.4) is 0 Å². The Morgan fingerprint density at radius 1 is 1.37 bits per heavy atom. The van der Waals surface area contributed by atoms with Crippen molar-refractivity contribution in [1.82, 2.24) is 10.3 Å². The van der Waals surface area contributed by atoms with E-state index in [4.69, 9.17) is 5.73 Å². The Bertz CT molecular complexity index is 342. The van der Waals surface area contributed by atoms with E-state index in [2.05, 4.69) is 22.6 Å². The summed E-state index contributed by atoms with van der Waals surface area (Å²) in [6, 6.07) is 0. The van der Waals surface area contributed by atoms with Crippen molar-refractivity contribution < 1.29 is 0 Å². The van der Waals surface area contributed by atoms with Gasteiger partial charge in [-0.25, -0.2) is 4.98 Å².